The van der Waals surface area contributed by atoms with Crippen LogP contribution in [0.3, 0.4) is 0 Å². The third-order valence-corrected chi connectivity index (χ3v) is 17.3. The molecule has 0 aliphatic carbocycles. The highest BCUT2D eigenvalue weighted by Gasteiger charge is 2.44. The first-order valence-electron chi connectivity index (χ1n) is 36.8. The molecule has 9 nitrogen and oxygen atoms in total. The van der Waals surface area contributed by atoms with Gasteiger partial charge in [0.05, 0.1) is 25.4 Å². The van der Waals surface area contributed by atoms with Gasteiger partial charge in [-0.25, -0.2) is 0 Å². The maximum absolute atomic E-state index is 13.2. The molecule has 0 aromatic rings. The fourth-order valence-corrected chi connectivity index (χ4v) is 11.6. The van der Waals surface area contributed by atoms with Crippen LogP contribution in [0.1, 0.15) is 341 Å². The van der Waals surface area contributed by atoms with Gasteiger partial charge in [-0.05, 0) is 70.6 Å². The summed E-state index contributed by atoms with van der Waals surface area (Å²) in [6.07, 6.45) is 86.6. The second-order valence-electron chi connectivity index (χ2n) is 25.4. The van der Waals surface area contributed by atoms with Crippen LogP contribution in [0.4, 0.5) is 0 Å². The normalized spacial score (nSPS) is 18.5. The Kier molecular flexibility index (Phi) is 61.8. The predicted octanol–water partition coefficient (Wildman–Crippen LogP) is 20.5. The van der Waals surface area contributed by atoms with Crippen LogP contribution in [-0.4, -0.2) is 87.5 Å². The molecule has 7 atom stereocenters. The van der Waals surface area contributed by atoms with E-state index < -0.39 is 49.5 Å². The van der Waals surface area contributed by atoms with Crippen molar-refractivity contribution in [1.29, 1.82) is 0 Å². The van der Waals surface area contributed by atoms with Gasteiger partial charge in [-0.15, -0.1) is 0 Å². The van der Waals surface area contributed by atoms with E-state index in [4.69, 9.17) is 9.47 Å². The van der Waals surface area contributed by atoms with Crippen molar-refractivity contribution in [2.75, 3.05) is 13.2 Å². The Hall–Kier alpha value is -2.63. The molecule has 1 heterocycles. The van der Waals surface area contributed by atoms with Crippen molar-refractivity contribution < 1.29 is 39.8 Å². The van der Waals surface area contributed by atoms with Crippen molar-refractivity contribution in [1.82, 2.24) is 5.32 Å². The molecule has 6 N–H and O–H groups in total. The van der Waals surface area contributed by atoms with E-state index in [0.717, 1.165) is 83.5 Å². The number of aliphatic hydroxyl groups excluding tert-OH is 5. The van der Waals surface area contributed by atoms with Gasteiger partial charge in [0.2, 0.25) is 5.91 Å². The van der Waals surface area contributed by atoms with Crippen LogP contribution >= 0.6 is 0 Å². The number of unbranched alkanes of at least 4 members (excludes halogenated alkanes) is 40. The highest BCUT2D eigenvalue weighted by Crippen LogP contribution is 2.24. The minimum Gasteiger partial charge on any atom is -0.394 e. The Morgan fingerprint density at radius 1 is 0.407 bits per heavy atom. The summed E-state index contributed by atoms with van der Waals surface area (Å²) in [5.41, 5.74) is 0. The highest BCUT2D eigenvalue weighted by atomic mass is 16.7. The van der Waals surface area contributed by atoms with Crippen LogP contribution in [0.25, 0.3) is 0 Å². The van der Waals surface area contributed by atoms with Crippen LogP contribution in [0.15, 0.2) is 85.1 Å². The lowest BCUT2D eigenvalue weighted by atomic mass is 9.99. The summed E-state index contributed by atoms with van der Waals surface area (Å²) in [5, 5.41) is 55.0. The number of ether oxygens (including phenoxy) is 2. The average molecular weight is 1210 g/mol. The van der Waals surface area contributed by atoms with E-state index in [0.29, 0.717) is 12.8 Å². The zero-order valence-electron chi connectivity index (χ0n) is 56.1. The fraction of sp³-hybridized carbons (Fsp3) is 0.805. The number of hydrogen-bond donors (Lipinski definition) is 6. The maximum Gasteiger partial charge on any atom is 0.220 e. The fourth-order valence-electron chi connectivity index (χ4n) is 11.6. The van der Waals surface area contributed by atoms with Gasteiger partial charge in [-0.1, -0.05) is 349 Å². The lowest BCUT2D eigenvalue weighted by Crippen LogP contribution is -2.60. The number of carbonyl (C=O) groups excluding carboxylic acids is 1. The number of carbonyl (C=O) groups is 1. The second kappa shape index (κ2) is 65.3. The molecule has 1 rings (SSSR count). The second-order valence-corrected chi connectivity index (χ2v) is 25.4. The topological polar surface area (TPSA) is 149 Å². The molecule has 0 aromatic heterocycles. The molecular formula is C77H139NO8. The van der Waals surface area contributed by atoms with Crippen molar-refractivity contribution in [3.63, 3.8) is 0 Å². The molecule has 0 bridgehead atoms. The summed E-state index contributed by atoms with van der Waals surface area (Å²) in [5.74, 6) is -0.140. The molecule has 1 saturated heterocycles. The number of allylic oxidation sites excluding steroid dienone is 14. The number of amides is 1. The first-order valence-corrected chi connectivity index (χ1v) is 36.8. The van der Waals surface area contributed by atoms with Gasteiger partial charge in [0.1, 0.15) is 24.4 Å². The quantitative estimate of drug-likeness (QED) is 0.0261. The maximum atomic E-state index is 13.2. The zero-order chi connectivity index (χ0) is 62.1. The van der Waals surface area contributed by atoms with Crippen LogP contribution in [0.5, 0.6) is 0 Å². The third kappa shape index (κ3) is 53.2. The van der Waals surface area contributed by atoms with E-state index in [-0.39, 0.29) is 12.5 Å². The summed E-state index contributed by atoms with van der Waals surface area (Å²) in [6, 6.07) is -0.723. The Bertz CT molecular complexity index is 1640. The van der Waals surface area contributed by atoms with Gasteiger partial charge >= 0.3 is 0 Å². The van der Waals surface area contributed by atoms with Gasteiger partial charge in [0, 0.05) is 6.42 Å². The highest BCUT2D eigenvalue weighted by molar-refractivity contribution is 5.76. The van der Waals surface area contributed by atoms with Gasteiger partial charge in [-0.2, -0.15) is 0 Å². The number of hydrogen-bond acceptors (Lipinski definition) is 8. The monoisotopic (exact) mass is 1210 g/mol. The third-order valence-electron chi connectivity index (χ3n) is 17.3. The van der Waals surface area contributed by atoms with Gasteiger partial charge in [0.25, 0.3) is 0 Å². The largest absolute Gasteiger partial charge is 0.394 e. The zero-order valence-corrected chi connectivity index (χ0v) is 56.1. The van der Waals surface area contributed by atoms with E-state index >= 15 is 0 Å². The van der Waals surface area contributed by atoms with Crippen molar-refractivity contribution in [2.45, 2.75) is 384 Å². The van der Waals surface area contributed by atoms with Crippen LogP contribution in [0, 0.1) is 0 Å². The Labute approximate surface area is 531 Å². The molecule has 0 spiro atoms. The molecule has 0 aromatic carbocycles. The molecule has 1 aliphatic rings. The lowest BCUT2D eigenvalue weighted by molar-refractivity contribution is -0.302. The Morgan fingerprint density at radius 2 is 0.721 bits per heavy atom. The minimum absolute atomic E-state index is 0.137. The molecule has 500 valence electrons. The van der Waals surface area contributed by atoms with Crippen molar-refractivity contribution >= 4 is 5.91 Å². The van der Waals surface area contributed by atoms with Crippen molar-refractivity contribution in [2.24, 2.45) is 0 Å². The minimum atomic E-state index is -1.56. The average Bonchev–Trinajstić information content (AvgIpc) is 3.55. The Balaban J connectivity index is 2.08. The van der Waals surface area contributed by atoms with Crippen molar-refractivity contribution in [3.05, 3.63) is 85.1 Å². The molecule has 0 radical (unpaired) electrons. The number of nitrogens with one attached hydrogen (secondary N) is 1. The molecule has 86 heavy (non-hydrogen) atoms. The predicted molar refractivity (Wildman–Crippen MR) is 368 cm³/mol. The summed E-state index contributed by atoms with van der Waals surface area (Å²) in [6.45, 7) is 3.77. The lowest BCUT2D eigenvalue weighted by Gasteiger charge is -2.40. The molecule has 9 heteroatoms. The standard InChI is InChI=1S/C77H139NO8/c1-3-5-7-9-11-13-15-17-19-21-23-25-27-29-30-31-32-33-34-35-36-37-38-39-40-41-42-43-45-47-49-51-53-55-57-59-61-63-65-67-73(81)78-70(69-85-77-76(84)75(83)74(82)72(68-79)86-77)71(80)66-64-62-60-58-56-54-52-50-48-46-44-28-26-24-22-20-18-16-14-12-10-8-6-4-2/h5,7,11,13,17,19,23,25,29-30,32-33,35-36,70-72,74-77,79-80,82-84H,3-4,6,8-10,12,14-16,18,20-22,24,26-28,31,34,37-69H2,1-2H3,(H,78,81)/b7-5-,13-11-,19-17-,25-23-,30-29-,33-32-,36-35-. The first-order chi connectivity index (χ1) is 42.3. The van der Waals surface area contributed by atoms with Gasteiger partial charge in [-0.3, -0.25) is 4.79 Å². The molecular weight excluding hydrogens is 1070 g/mol. The van der Waals surface area contributed by atoms with E-state index in [1.807, 2.05) is 0 Å². The molecule has 0 saturated carbocycles. The van der Waals surface area contributed by atoms with E-state index in [2.05, 4.69) is 104 Å². The van der Waals surface area contributed by atoms with Gasteiger partial charge < -0.3 is 40.3 Å². The molecule has 1 aliphatic heterocycles. The number of aliphatic hydroxyl groups is 5. The summed E-state index contributed by atoms with van der Waals surface area (Å²) < 4.78 is 11.4. The van der Waals surface area contributed by atoms with E-state index in [1.54, 1.807) is 0 Å². The SMILES string of the molecule is CC/C=C\C/C=C\C/C=C\C/C=C\C/C=C\C/C=C\C/C=C\CCCCCCCCCCCCCCCCCCCC(=O)NC(COC1OC(CO)C(O)C(O)C1O)C(O)CCCCCCCCCCCCCCCCCCCCCCCCCC. The number of rotatable bonds is 64. The summed E-state index contributed by atoms with van der Waals surface area (Å²) in [4.78, 5) is 13.2. The molecule has 1 fully saturated rings. The summed E-state index contributed by atoms with van der Waals surface area (Å²) >= 11 is 0. The van der Waals surface area contributed by atoms with Crippen LogP contribution in [-0.2, 0) is 14.3 Å². The van der Waals surface area contributed by atoms with Gasteiger partial charge in [0.15, 0.2) is 6.29 Å². The van der Waals surface area contributed by atoms with E-state index in [9.17, 15) is 30.3 Å². The van der Waals surface area contributed by atoms with Crippen LogP contribution < -0.4 is 5.32 Å². The molecule has 7 unspecified atom stereocenters. The summed E-state index contributed by atoms with van der Waals surface area (Å²) in [7, 11) is 0. The van der Waals surface area contributed by atoms with Crippen molar-refractivity contribution in [3.8, 4) is 0 Å². The van der Waals surface area contributed by atoms with Crippen LogP contribution in [0.2, 0.25) is 0 Å². The molecule has 1 amide bonds. The first kappa shape index (κ1) is 81.4. The smallest absolute Gasteiger partial charge is 0.220 e. The Morgan fingerprint density at radius 3 is 1.07 bits per heavy atom. The van der Waals surface area contributed by atoms with E-state index in [1.165, 1.54) is 231 Å².